The molecule has 2 aromatic heterocycles. The molecule has 1 aliphatic heterocycles. The fourth-order valence-corrected chi connectivity index (χ4v) is 3.56. The maximum Gasteiger partial charge on any atom is 0.265 e. The summed E-state index contributed by atoms with van der Waals surface area (Å²) >= 11 is 1.44. The Morgan fingerprint density at radius 3 is 2.86 bits per heavy atom. The first-order valence-electron chi connectivity index (χ1n) is 7.53. The molecule has 1 saturated heterocycles. The summed E-state index contributed by atoms with van der Waals surface area (Å²) in [6, 6.07) is 0. The van der Waals surface area contributed by atoms with Crippen LogP contribution in [0.15, 0.2) is 17.9 Å². The van der Waals surface area contributed by atoms with Crippen LogP contribution in [0, 0.1) is 6.92 Å². The number of nitrogens with zero attached hydrogens (tertiary/aromatic N) is 5. The maximum atomic E-state index is 12.6. The van der Waals surface area contributed by atoms with Crippen molar-refractivity contribution in [3.05, 3.63) is 34.0 Å². The van der Waals surface area contributed by atoms with E-state index < -0.39 is 0 Å². The fraction of sp³-hybridized carbons (Fsp3) is 0.533. The van der Waals surface area contributed by atoms with E-state index >= 15 is 0 Å². The quantitative estimate of drug-likeness (QED) is 0.861. The number of hydrogen-bond acceptors (Lipinski definition) is 5. The molecule has 118 valence electrons. The lowest BCUT2D eigenvalue weighted by atomic mass is 10.3. The predicted octanol–water partition coefficient (Wildman–Crippen LogP) is 1.53. The molecule has 0 radical (unpaired) electrons. The normalized spacial score (nSPS) is 16.7. The topological polar surface area (TPSA) is 54.3 Å². The Morgan fingerprint density at radius 2 is 2.18 bits per heavy atom. The minimum atomic E-state index is 0.128. The minimum absolute atomic E-state index is 0.128. The van der Waals surface area contributed by atoms with E-state index in [4.69, 9.17) is 0 Å². The van der Waals surface area contributed by atoms with Crippen LogP contribution < -0.4 is 0 Å². The molecule has 0 saturated carbocycles. The Labute approximate surface area is 134 Å². The number of carbonyl (C=O) groups is 1. The van der Waals surface area contributed by atoms with Crippen LogP contribution in [0.25, 0.3) is 0 Å². The molecule has 6 nitrogen and oxygen atoms in total. The second-order valence-electron chi connectivity index (χ2n) is 5.71. The zero-order valence-corrected chi connectivity index (χ0v) is 13.8. The molecule has 0 atom stereocenters. The van der Waals surface area contributed by atoms with Crippen LogP contribution in [0.4, 0.5) is 0 Å². The molecule has 0 spiro atoms. The lowest BCUT2D eigenvalue weighted by Gasteiger charge is -2.21. The molecule has 3 heterocycles. The Hall–Kier alpha value is -1.73. The summed E-state index contributed by atoms with van der Waals surface area (Å²) < 4.78 is 1.83. The zero-order chi connectivity index (χ0) is 15.5. The summed E-state index contributed by atoms with van der Waals surface area (Å²) in [4.78, 5) is 21.9. The summed E-state index contributed by atoms with van der Waals surface area (Å²) in [5.74, 6) is 0.128. The molecule has 1 aliphatic rings. The van der Waals surface area contributed by atoms with Gasteiger partial charge in [-0.15, -0.1) is 11.3 Å². The van der Waals surface area contributed by atoms with Crippen molar-refractivity contribution in [1.29, 1.82) is 0 Å². The van der Waals surface area contributed by atoms with E-state index in [1.807, 2.05) is 29.7 Å². The van der Waals surface area contributed by atoms with Gasteiger partial charge in [0.2, 0.25) is 0 Å². The molecular formula is C15H21N5OS. The van der Waals surface area contributed by atoms with Crippen molar-refractivity contribution in [2.75, 3.05) is 26.2 Å². The smallest absolute Gasteiger partial charge is 0.265 e. The van der Waals surface area contributed by atoms with E-state index in [9.17, 15) is 4.79 Å². The molecule has 0 aliphatic carbocycles. The highest BCUT2D eigenvalue weighted by atomic mass is 32.1. The average Bonchev–Trinajstić information content (AvgIpc) is 3.02. The Kier molecular flexibility index (Phi) is 4.54. The van der Waals surface area contributed by atoms with E-state index in [2.05, 4.69) is 21.2 Å². The molecule has 7 heteroatoms. The summed E-state index contributed by atoms with van der Waals surface area (Å²) in [6.07, 6.45) is 4.97. The Bertz CT molecular complexity index is 650. The third-order valence-corrected chi connectivity index (χ3v) is 4.90. The predicted molar refractivity (Wildman–Crippen MR) is 85.9 cm³/mol. The molecule has 0 bridgehead atoms. The molecule has 1 fully saturated rings. The number of rotatable bonds is 3. The van der Waals surface area contributed by atoms with E-state index in [1.54, 1.807) is 5.51 Å². The van der Waals surface area contributed by atoms with Crippen molar-refractivity contribution in [3.63, 3.8) is 0 Å². The van der Waals surface area contributed by atoms with Crippen molar-refractivity contribution in [2.24, 2.45) is 7.05 Å². The number of aryl methyl sites for hydroxylation is 2. The standard InChI is InChI=1S/C15H21N5OS/c1-12-14(22-11-16-12)15(21)20-5-3-4-19(6-7-20)10-13-8-17-18(2)9-13/h8-9,11H,3-7,10H2,1-2H3. The van der Waals surface area contributed by atoms with Crippen LogP contribution in [0.5, 0.6) is 0 Å². The van der Waals surface area contributed by atoms with Gasteiger partial charge < -0.3 is 4.90 Å². The van der Waals surface area contributed by atoms with Crippen LogP contribution in [0.2, 0.25) is 0 Å². The van der Waals surface area contributed by atoms with Crippen LogP contribution in [-0.4, -0.2) is 56.7 Å². The van der Waals surface area contributed by atoms with Gasteiger partial charge in [-0.25, -0.2) is 4.98 Å². The van der Waals surface area contributed by atoms with Gasteiger partial charge >= 0.3 is 0 Å². The third-order valence-electron chi connectivity index (χ3n) is 3.98. The van der Waals surface area contributed by atoms with Gasteiger partial charge in [0.15, 0.2) is 0 Å². The molecule has 2 aromatic rings. The van der Waals surface area contributed by atoms with Crippen LogP contribution in [-0.2, 0) is 13.6 Å². The summed E-state index contributed by atoms with van der Waals surface area (Å²) in [5, 5.41) is 4.21. The van der Waals surface area contributed by atoms with Crippen molar-refractivity contribution < 1.29 is 4.79 Å². The van der Waals surface area contributed by atoms with E-state index in [1.165, 1.54) is 16.9 Å². The average molecular weight is 319 g/mol. The zero-order valence-electron chi connectivity index (χ0n) is 13.0. The monoisotopic (exact) mass is 319 g/mol. The molecule has 0 N–H and O–H groups in total. The molecular weight excluding hydrogens is 298 g/mol. The minimum Gasteiger partial charge on any atom is -0.337 e. The van der Waals surface area contributed by atoms with E-state index in [0.29, 0.717) is 0 Å². The summed E-state index contributed by atoms with van der Waals surface area (Å²) in [7, 11) is 1.93. The number of hydrogen-bond donors (Lipinski definition) is 0. The second kappa shape index (κ2) is 6.58. The molecule has 22 heavy (non-hydrogen) atoms. The van der Waals surface area contributed by atoms with Gasteiger partial charge in [0.05, 0.1) is 17.4 Å². The van der Waals surface area contributed by atoms with Crippen molar-refractivity contribution in [1.82, 2.24) is 24.6 Å². The number of amides is 1. The SMILES string of the molecule is Cc1ncsc1C(=O)N1CCCN(Cc2cnn(C)c2)CC1. The van der Waals surface area contributed by atoms with Crippen molar-refractivity contribution >= 4 is 17.2 Å². The summed E-state index contributed by atoms with van der Waals surface area (Å²) in [5.41, 5.74) is 3.81. The largest absolute Gasteiger partial charge is 0.337 e. The first kappa shape index (κ1) is 15.2. The fourth-order valence-electron chi connectivity index (χ4n) is 2.79. The lowest BCUT2D eigenvalue weighted by Crippen LogP contribution is -2.35. The molecule has 3 rings (SSSR count). The highest BCUT2D eigenvalue weighted by Crippen LogP contribution is 2.17. The highest BCUT2D eigenvalue weighted by Gasteiger charge is 2.22. The van der Waals surface area contributed by atoms with Gasteiger partial charge in [-0.2, -0.15) is 5.10 Å². The van der Waals surface area contributed by atoms with Crippen LogP contribution in [0.1, 0.15) is 27.3 Å². The van der Waals surface area contributed by atoms with Crippen LogP contribution in [0.3, 0.4) is 0 Å². The first-order valence-corrected chi connectivity index (χ1v) is 8.40. The van der Waals surface area contributed by atoms with Gasteiger partial charge in [0.1, 0.15) is 4.88 Å². The van der Waals surface area contributed by atoms with Gasteiger partial charge in [0.25, 0.3) is 5.91 Å². The first-order chi connectivity index (χ1) is 10.6. The van der Waals surface area contributed by atoms with Crippen molar-refractivity contribution in [2.45, 2.75) is 19.9 Å². The maximum absolute atomic E-state index is 12.6. The highest BCUT2D eigenvalue weighted by molar-refractivity contribution is 7.11. The van der Waals surface area contributed by atoms with E-state index in [-0.39, 0.29) is 5.91 Å². The Morgan fingerprint density at radius 1 is 1.32 bits per heavy atom. The second-order valence-corrected chi connectivity index (χ2v) is 6.57. The van der Waals surface area contributed by atoms with Gasteiger partial charge in [-0.3, -0.25) is 14.4 Å². The number of thiazole rings is 1. The molecule has 0 unspecified atom stereocenters. The summed E-state index contributed by atoms with van der Waals surface area (Å²) in [6.45, 7) is 6.31. The van der Waals surface area contributed by atoms with Gasteiger partial charge in [0, 0.05) is 51.5 Å². The number of carbonyl (C=O) groups excluding carboxylic acids is 1. The van der Waals surface area contributed by atoms with E-state index in [0.717, 1.165) is 49.7 Å². The molecule has 1 amide bonds. The third kappa shape index (κ3) is 3.36. The lowest BCUT2D eigenvalue weighted by molar-refractivity contribution is 0.0765. The van der Waals surface area contributed by atoms with Gasteiger partial charge in [-0.1, -0.05) is 0 Å². The van der Waals surface area contributed by atoms with Crippen molar-refractivity contribution in [3.8, 4) is 0 Å². The Balaban J connectivity index is 1.60. The molecule has 0 aromatic carbocycles. The van der Waals surface area contributed by atoms with Gasteiger partial charge in [-0.05, 0) is 13.3 Å². The number of aromatic nitrogens is 3. The van der Waals surface area contributed by atoms with Crippen LogP contribution >= 0.6 is 11.3 Å².